The van der Waals surface area contributed by atoms with Gasteiger partial charge in [-0.3, -0.25) is 9.69 Å². The van der Waals surface area contributed by atoms with Gasteiger partial charge in [0.25, 0.3) is 0 Å². The Bertz CT molecular complexity index is 285. The van der Waals surface area contributed by atoms with Crippen LogP contribution in [-0.4, -0.2) is 74.7 Å². The van der Waals surface area contributed by atoms with Gasteiger partial charge in [-0.15, -0.1) is 0 Å². The average molecular weight is 283 g/mol. The number of carbonyl (C=O) groups excluding carboxylic acids is 1. The van der Waals surface area contributed by atoms with Gasteiger partial charge >= 0.3 is 0 Å². The van der Waals surface area contributed by atoms with E-state index in [9.17, 15) is 4.79 Å². The molecule has 0 saturated carbocycles. The van der Waals surface area contributed by atoms with Crippen molar-refractivity contribution < 1.29 is 9.53 Å². The number of nitrogens with one attached hydrogen (secondary N) is 1. The second-order valence-corrected chi connectivity index (χ2v) is 5.82. The first-order chi connectivity index (χ1) is 9.79. The van der Waals surface area contributed by atoms with Crippen LogP contribution in [0.15, 0.2) is 0 Å². The third kappa shape index (κ3) is 5.04. The van der Waals surface area contributed by atoms with Gasteiger partial charge in [0.15, 0.2) is 0 Å². The Kier molecular flexibility index (Phi) is 6.76. The van der Waals surface area contributed by atoms with E-state index in [0.29, 0.717) is 11.8 Å². The number of carbonyl (C=O) groups is 1. The third-order valence-electron chi connectivity index (χ3n) is 4.41. The van der Waals surface area contributed by atoms with Gasteiger partial charge in [-0.2, -0.15) is 0 Å². The van der Waals surface area contributed by atoms with E-state index in [1.54, 1.807) is 0 Å². The van der Waals surface area contributed by atoms with Crippen molar-refractivity contribution in [1.29, 1.82) is 0 Å². The highest BCUT2D eigenvalue weighted by Gasteiger charge is 2.22. The molecule has 2 aliphatic rings. The van der Waals surface area contributed by atoms with Crippen LogP contribution in [0.2, 0.25) is 0 Å². The van der Waals surface area contributed by atoms with Crippen LogP contribution in [0.4, 0.5) is 0 Å². The molecule has 1 N–H and O–H groups in total. The Morgan fingerprint density at radius 2 is 2.10 bits per heavy atom. The van der Waals surface area contributed by atoms with Crippen LogP contribution in [0.5, 0.6) is 0 Å². The molecule has 5 nitrogen and oxygen atoms in total. The van der Waals surface area contributed by atoms with E-state index < -0.39 is 0 Å². The molecule has 0 spiro atoms. The topological polar surface area (TPSA) is 44.8 Å². The Hall–Kier alpha value is -0.650. The Morgan fingerprint density at radius 3 is 2.75 bits per heavy atom. The van der Waals surface area contributed by atoms with Crippen LogP contribution in [0, 0.1) is 5.92 Å². The number of hydrogen-bond acceptors (Lipinski definition) is 4. The average Bonchev–Trinajstić information content (AvgIpc) is 2.99. The minimum atomic E-state index is 0.348. The first-order valence-corrected chi connectivity index (χ1v) is 8.08. The normalized spacial score (nSPS) is 24.2. The maximum atomic E-state index is 12.2. The van der Waals surface area contributed by atoms with Gasteiger partial charge in [-0.1, -0.05) is 0 Å². The van der Waals surface area contributed by atoms with E-state index in [1.807, 2.05) is 11.8 Å². The van der Waals surface area contributed by atoms with Crippen molar-refractivity contribution in [2.24, 2.45) is 5.92 Å². The molecular formula is C15H29N3O2. The zero-order chi connectivity index (χ0) is 14.2. The van der Waals surface area contributed by atoms with Crippen molar-refractivity contribution in [3.63, 3.8) is 0 Å². The van der Waals surface area contributed by atoms with Gasteiger partial charge in [-0.25, -0.2) is 0 Å². The molecule has 1 atom stereocenters. The predicted molar refractivity (Wildman–Crippen MR) is 79.7 cm³/mol. The minimum Gasteiger partial charge on any atom is -0.380 e. The molecule has 20 heavy (non-hydrogen) atoms. The highest BCUT2D eigenvalue weighted by molar-refractivity contribution is 5.76. The van der Waals surface area contributed by atoms with Gasteiger partial charge in [0, 0.05) is 45.8 Å². The molecule has 116 valence electrons. The number of amides is 1. The van der Waals surface area contributed by atoms with Crippen LogP contribution in [-0.2, 0) is 9.53 Å². The van der Waals surface area contributed by atoms with Crippen molar-refractivity contribution in [3.8, 4) is 0 Å². The molecule has 0 radical (unpaired) electrons. The van der Waals surface area contributed by atoms with Gasteiger partial charge in [0.2, 0.25) is 5.91 Å². The summed E-state index contributed by atoms with van der Waals surface area (Å²) in [6.45, 7) is 10.6. The molecule has 5 heteroatoms. The van der Waals surface area contributed by atoms with Crippen LogP contribution in [0.25, 0.3) is 0 Å². The highest BCUT2D eigenvalue weighted by atomic mass is 16.5. The largest absolute Gasteiger partial charge is 0.380 e. The maximum absolute atomic E-state index is 12.2. The summed E-state index contributed by atoms with van der Waals surface area (Å²) in [5.41, 5.74) is 0. The summed E-state index contributed by atoms with van der Waals surface area (Å²) in [7, 11) is 0. The smallest absolute Gasteiger partial charge is 0.222 e. The quantitative estimate of drug-likeness (QED) is 0.693. The lowest BCUT2D eigenvalue weighted by Crippen LogP contribution is -2.49. The second-order valence-electron chi connectivity index (χ2n) is 5.82. The van der Waals surface area contributed by atoms with Gasteiger partial charge in [0.05, 0.1) is 6.61 Å². The van der Waals surface area contributed by atoms with Gasteiger partial charge < -0.3 is 15.0 Å². The molecule has 1 unspecified atom stereocenters. The van der Waals surface area contributed by atoms with Crippen LogP contribution in [0.1, 0.15) is 26.2 Å². The molecule has 0 aliphatic carbocycles. The van der Waals surface area contributed by atoms with E-state index in [4.69, 9.17) is 4.74 Å². The van der Waals surface area contributed by atoms with E-state index in [-0.39, 0.29) is 0 Å². The van der Waals surface area contributed by atoms with E-state index in [1.165, 1.54) is 6.42 Å². The Labute approximate surface area is 122 Å². The molecule has 2 heterocycles. The standard InChI is InChI=1S/C15H29N3O2/c1-2-20-12-11-17-7-9-18(10-8-17)15(19)4-3-14-5-6-16-13-14/h14,16H,2-13H2,1H3. The van der Waals surface area contributed by atoms with Crippen molar-refractivity contribution in [1.82, 2.24) is 15.1 Å². The molecule has 0 aromatic carbocycles. The number of piperazine rings is 1. The van der Waals surface area contributed by atoms with Gasteiger partial charge in [-0.05, 0) is 38.8 Å². The second kappa shape index (κ2) is 8.60. The minimum absolute atomic E-state index is 0.348. The fourth-order valence-corrected chi connectivity index (χ4v) is 3.01. The fraction of sp³-hybridized carbons (Fsp3) is 0.933. The first-order valence-electron chi connectivity index (χ1n) is 8.08. The van der Waals surface area contributed by atoms with Crippen LogP contribution in [0.3, 0.4) is 0 Å². The van der Waals surface area contributed by atoms with Gasteiger partial charge in [0.1, 0.15) is 0 Å². The molecule has 2 rings (SSSR count). The summed E-state index contributed by atoms with van der Waals surface area (Å²) in [5, 5.41) is 3.36. The summed E-state index contributed by atoms with van der Waals surface area (Å²) in [6, 6.07) is 0. The van der Waals surface area contributed by atoms with Crippen LogP contribution < -0.4 is 5.32 Å². The number of hydrogen-bond donors (Lipinski definition) is 1. The van der Waals surface area contributed by atoms with Crippen molar-refractivity contribution in [2.45, 2.75) is 26.2 Å². The number of ether oxygens (including phenoxy) is 1. The fourth-order valence-electron chi connectivity index (χ4n) is 3.01. The van der Waals surface area contributed by atoms with Crippen molar-refractivity contribution in [3.05, 3.63) is 0 Å². The lowest BCUT2D eigenvalue weighted by atomic mass is 10.0. The monoisotopic (exact) mass is 283 g/mol. The molecule has 1 amide bonds. The highest BCUT2D eigenvalue weighted by Crippen LogP contribution is 2.15. The van der Waals surface area contributed by atoms with E-state index >= 15 is 0 Å². The van der Waals surface area contributed by atoms with Crippen LogP contribution >= 0.6 is 0 Å². The molecule has 0 aromatic rings. The zero-order valence-corrected chi connectivity index (χ0v) is 12.8. The number of rotatable bonds is 7. The summed E-state index contributed by atoms with van der Waals surface area (Å²) in [5.74, 6) is 1.06. The lowest BCUT2D eigenvalue weighted by Gasteiger charge is -2.34. The maximum Gasteiger partial charge on any atom is 0.222 e. The summed E-state index contributed by atoms with van der Waals surface area (Å²) >= 11 is 0. The molecule has 0 aromatic heterocycles. The summed E-state index contributed by atoms with van der Waals surface area (Å²) in [6.07, 6.45) is 3.01. The lowest BCUT2D eigenvalue weighted by molar-refractivity contribution is -0.133. The molecule has 2 saturated heterocycles. The van der Waals surface area contributed by atoms with Crippen molar-refractivity contribution in [2.75, 3.05) is 59.0 Å². The SMILES string of the molecule is CCOCCN1CCN(C(=O)CCC2CCNC2)CC1. The summed E-state index contributed by atoms with van der Waals surface area (Å²) < 4.78 is 5.38. The molecule has 0 bridgehead atoms. The molecular weight excluding hydrogens is 254 g/mol. The summed E-state index contributed by atoms with van der Waals surface area (Å²) in [4.78, 5) is 16.6. The Balaban J connectivity index is 1.58. The van der Waals surface area contributed by atoms with E-state index in [0.717, 1.165) is 71.9 Å². The molecule has 2 aliphatic heterocycles. The zero-order valence-electron chi connectivity index (χ0n) is 12.8. The number of nitrogens with zero attached hydrogens (tertiary/aromatic N) is 2. The Morgan fingerprint density at radius 1 is 1.30 bits per heavy atom. The third-order valence-corrected chi connectivity index (χ3v) is 4.41. The van der Waals surface area contributed by atoms with Crippen molar-refractivity contribution >= 4 is 5.91 Å². The predicted octanol–water partition coefficient (Wildman–Crippen LogP) is 0.557. The first kappa shape index (κ1) is 15.7. The molecule has 2 fully saturated rings. The van der Waals surface area contributed by atoms with E-state index in [2.05, 4.69) is 10.2 Å².